The van der Waals surface area contributed by atoms with Gasteiger partial charge in [-0.15, -0.1) is 23.2 Å². The largest absolute Gasteiger partial charge is 0.457 e. The van der Waals surface area contributed by atoms with Crippen molar-refractivity contribution in [3.63, 3.8) is 0 Å². The second-order valence-corrected chi connectivity index (χ2v) is 21.2. The average Bonchev–Trinajstić information content (AvgIpc) is 3.38. The van der Waals surface area contributed by atoms with Crippen LogP contribution in [0.1, 0.15) is 221 Å². The molecule has 4 aromatic rings. The third-order valence-corrected chi connectivity index (χ3v) is 16.5. The van der Waals surface area contributed by atoms with Gasteiger partial charge in [-0.25, -0.2) is 0 Å². The van der Waals surface area contributed by atoms with Crippen LogP contribution >= 0.6 is 23.2 Å². The van der Waals surface area contributed by atoms with Crippen LogP contribution in [0.2, 0.25) is 0 Å². The number of ether oxygens (including phenoxy) is 8. The Morgan fingerprint density at radius 2 is 0.635 bits per heavy atom. The first kappa shape index (κ1) is 53.6. The lowest BCUT2D eigenvalue weighted by Crippen LogP contribution is -2.29. The van der Waals surface area contributed by atoms with Gasteiger partial charge in [0.2, 0.25) is 39.0 Å². The maximum absolute atomic E-state index is 13.2. The number of nitrogens with one attached hydrogen (secondary N) is 2. The van der Waals surface area contributed by atoms with E-state index in [1.54, 1.807) is 0 Å². The molecule has 2 atom stereocenters. The van der Waals surface area contributed by atoms with Crippen molar-refractivity contribution in [2.45, 2.75) is 181 Å². The van der Waals surface area contributed by atoms with Crippen molar-refractivity contribution >= 4 is 35.0 Å². The first-order valence-electron chi connectivity index (χ1n) is 27.6. The minimum atomic E-state index is -0.309. The molecule has 4 aromatic carbocycles. The quantitative estimate of drug-likeness (QED) is 0.0579. The number of unbranched alkanes of at least 4 members (excludes halogenated alkanes) is 8. The summed E-state index contributed by atoms with van der Waals surface area (Å²) in [5, 5.41) is 6.20. The van der Waals surface area contributed by atoms with Crippen LogP contribution in [0.3, 0.4) is 0 Å². The van der Waals surface area contributed by atoms with Crippen LogP contribution in [0, 0.1) is 13.8 Å². The highest BCUT2D eigenvalue weighted by atomic mass is 35.5. The van der Waals surface area contributed by atoms with Gasteiger partial charge in [-0.3, -0.25) is 9.59 Å². The SMILES string of the molecule is CCCCCC1c2cc3c4c(C)c2OCOc2c1cc1c(c2C)OCOc2c(cc5c(c2CNC(=O)CCl)OCOc2c(cc(c(c2CNC(=O)CCl)OCO4)C3CCCCC)C5CCCCC)C1CCCCC. The second kappa shape index (κ2) is 24.6. The molecule has 400 valence electrons. The van der Waals surface area contributed by atoms with Gasteiger partial charge in [-0.1, -0.05) is 105 Å². The molecule has 9 rings (SSSR count). The fraction of sp³-hybridized carbons (Fsp3) is 0.567. The molecule has 0 aromatic heterocycles. The molecule has 0 saturated carbocycles. The van der Waals surface area contributed by atoms with Crippen LogP contribution in [0.5, 0.6) is 46.0 Å². The molecule has 2 N–H and O–H groups in total. The predicted molar refractivity (Wildman–Crippen MR) is 289 cm³/mol. The van der Waals surface area contributed by atoms with Crippen molar-refractivity contribution in [3.05, 3.63) is 91.0 Å². The topological polar surface area (TPSA) is 132 Å². The minimum absolute atomic E-state index is 0.00802. The van der Waals surface area contributed by atoms with Gasteiger partial charge in [0.15, 0.2) is 0 Å². The monoisotopic (exact) mass is 1050 g/mol. The molecule has 4 heterocycles. The van der Waals surface area contributed by atoms with Gasteiger partial charge in [0.1, 0.15) is 57.8 Å². The zero-order valence-corrected chi connectivity index (χ0v) is 45.9. The summed E-state index contributed by atoms with van der Waals surface area (Å²) in [6.07, 6.45) is 15.4. The first-order valence-corrected chi connectivity index (χ1v) is 28.7. The van der Waals surface area contributed by atoms with E-state index >= 15 is 0 Å². The van der Waals surface area contributed by atoms with Gasteiger partial charge in [-0.2, -0.15) is 0 Å². The number of benzene rings is 4. The maximum atomic E-state index is 13.2. The van der Waals surface area contributed by atoms with E-state index in [4.69, 9.17) is 61.1 Å². The molecule has 0 fully saturated rings. The Labute approximate surface area is 448 Å². The molecule has 74 heavy (non-hydrogen) atoms. The number of alkyl halides is 2. The Hall–Kier alpha value is -5.20. The smallest absolute Gasteiger partial charge is 0.235 e. The van der Waals surface area contributed by atoms with Crippen LogP contribution in [-0.4, -0.2) is 50.7 Å². The Morgan fingerprint density at radius 3 is 0.865 bits per heavy atom. The summed E-state index contributed by atoms with van der Waals surface area (Å²) in [6, 6.07) is 9.47. The number of carbonyl (C=O) groups is 2. The summed E-state index contributed by atoms with van der Waals surface area (Å²) in [6.45, 7) is 13.0. The molecular weight excluding hydrogens is 980 g/mol. The third kappa shape index (κ3) is 10.6. The zero-order chi connectivity index (χ0) is 51.9. The Kier molecular flexibility index (Phi) is 17.9. The normalized spacial score (nSPS) is 18.5. The zero-order valence-electron chi connectivity index (χ0n) is 44.4. The fourth-order valence-electron chi connectivity index (χ4n) is 12.4. The molecule has 2 amide bonds. The molecule has 8 bridgehead atoms. The highest BCUT2D eigenvalue weighted by Crippen LogP contribution is 2.58. The molecule has 0 saturated heterocycles. The van der Waals surface area contributed by atoms with E-state index in [1.807, 2.05) is 0 Å². The number of hydrogen-bond donors (Lipinski definition) is 2. The molecule has 0 spiro atoms. The van der Waals surface area contributed by atoms with Gasteiger partial charge < -0.3 is 48.5 Å². The second-order valence-electron chi connectivity index (χ2n) is 20.7. The molecular formula is C60H76Cl2N2O10. The van der Waals surface area contributed by atoms with Gasteiger partial charge in [-0.05, 0) is 63.8 Å². The standard InChI is InChI=1S/C60H76Cl2N2O10/c1-7-11-15-19-37-41-23-43-38(20-16-12-8-2)45-25-47-40(22-18-14-10-4)48-26-46-39(21-17-13-9-3)44-24-42(37)54-36(6)56(44)70-33-72-58(46)50(30-64-52(66)28-62)60(48)74-34-73-59(47)49(29-63-51(65)27-61)57(45)71-32-69-55(43)35(5)53(41)67-31-68-54/h23-26,37-40H,7-22,27-34H2,1-6H3,(H,63,65)(H,64,66). The summed E-state index contributed by atoms with van der Waals surface area (Å²) < 4.78 is 55.0. The number of amides is 2. The summed E-state index contributed by atoms with van der Waals surface area (Å²) in [5.41, 5.74) is 11.6. The Balaban J connectivity index is 1.47. The average molecular weight is 1060 g/mol. The van der Waals surface area contributed by atoms with E-state index in [0.717, 1.165) is 181 Å². The van der Waals surface area contributed by atoms with Crippen molar-refractivity contribution in [1.82, 2.24) is 10.6 Å². The molecule has 12 nitrogen and oxygen atoms in total. The lowest BCUT2D eigenvalue weighted by molar-refractivity contribution is -0.119. The van der Waals surface area contributed by atoms with Crippen molar-refractivity contribution in [2.75, 3.05) is 38.9 Å². The van der Waals surface area contributed by atoms with E-state index in [9.17, 15) is 9.59 Å². The fourth-order valence-corrected chi connectivity index (χ4v) is 12.6. The highest BCUT2D eigenvalue weighted by Gasteiger charge is 2.41. The van der Waals surface area contributed by atoms with Crippen LogP contribution in [-0.2, 0) is 22.7 Å². The van der Waals surface area contributed by atoms with Crippen molar-refractivity contribution < 1.29 is 47.5 Å². The number of carbonyl (C=O) groups excluding carboxylic acids is 2. The van der Waals surface area contributed by atoms with Crippen LogP contribution in [0.4, 0.5) is 0 Å². The molecule has 1 aliphatic carbocycles. The van der Waals surface area contributed by atoms with Crippen molar-refractivity contribution in [2.24, 2.45) is 0 Å². The molecule has 2 unspecified atom stereocenters. The van der Waals surface area contributed by atoms with E-state index in [-0.39, 0.29) is 87.5 Å². The minimum Gasteiger partial charge on any atom is -0.457 e. The van der Waals surface area contributed by atoms with Crippen LogP contribution < -0.4 is 48.5 Å². The van der Waals surface area contributed by atoms with Crippen molar-refractivity contribution in [1.29, 1.82) is 0 Å². The highest BCUT2D eigenvalue weighted by molar-refractivity contribution is 6.27. The molecule has 4 aliphatic heterocycles. The lowest BCUT2D eigenvalue weighted by atomic mass is 9.74. The number of halogens is 2. The van der Waals surface area contributed by atoms with Gasteiger partial charge >= 0.3 is 0 Å². The van der Waals surface area contributed by atoms with Crippen molar-refractivity contribution in [3.8, 4) is 46.0 Å². The Bertz CT molecular complexity index is 2520. The summed E-state index contributed by atoms with van der Waals surface area (Å²) >= 11 is 12.4. The van der Waals surface area contributed by atoms with E-state index in [0.29, 0.717) is 34.1 Å². The molecule has 5 aliphatic rings. The van der Waals surface area contributed by atoms with E-state index < -0.39 is 0 Å². The molecule has 0 radical (unpaired) electrons. The van der Waals surface area contributed by atoms with Gasteiger partial charge in [0, 0.05) is 79.3 Å². The summed E-state index contributed by atoms with van der Waals surface area (Å²) in [4.78, 5) is 26.4. The van der Waals surface area contributed by atoms with Gasteiger partial charge in [0.25, 0.3) is 0 Å². The lowest BCUT2D eigenvalue weighted by Gasteiger charge is -2.37. The van der Waals surface area contributed by atoms with Gasteiger partial charge in [0.05, 0.1) is 24.2 Å². The predicted octanol–water partition coefficient (Wildman–Crippen LogP) is 14.1. The number of rotatable bonds is 22. The molecule has 14 heteroatoms. The summed E-state index contributed by atoms with van der Waals surface area (Å²) in [5.74, 6) is 3.71. The third-order valence-electron chi connectivity index (χ3n) is 16.0. The van der Waals surface area contributed by atoms with E-state index in [1.165, 1.54) is 0 Å². The van der Waals surface area contributed by atoms with Crippen LogP contribution in [0.15, 0.2) is 24.3 Å². The first-order chi connectivity index (χ1) is 36.2. The van der Waals surface area contributed by atoms with E-state index in [2.05, 4.69) is 76.4 Å². The maximum Gasteiger partial charge on any atom is 0.235 e. The number of hydrogen-bond acceptors (Lipinski definition) is 10. The Morgan fingerprint density at radius 1 is 0.405 bits per heavy atom. The summed E-state index contributed by atoms with van der Waals surface area (Å²) in [7, 11) is 0. The van der Waals surface area contributed by atoms with Crippen LogP contribution in [0.25, 0.3) is 0 Å².